The van der Waals surface area contributed by atoms with Crippen molar-refractivity contribution in [3.05, 3.63) is 59.9 Å². The lowest BCUT2D eigenvalue weighted by Gasteiger charge is -2.26. The number of hydrogen-bond acceptors (Lipinski definition) is 5. The molecular formula is C21H22FN3O5S. The van der Waals surface area contributed by atoms with E-state index in [0.29, 0.717) is 37.6 Å². The largest absolute Gasteiger partial charge is 0.379 e. The molecule has 2 heterocycles. The van der Waals surface area contributed by atoms with Crippen LogP contribution in [0.4, 0.5) is 10.1 Å². The second kappa shape index (κ2) is 8.74. The quantitative estimate of drug-likeness (QED) is 0.747. The number of halogens is 1. The fourth-order valence-corrected chi connectivity index (χ4v) is 5.07. The van der Waals surface area contributed by atoms with E-state index >= 15 is 0 Å². The number of amides is 2. The maximum absolute atomic E-state index is 13.1. The van der Waals surface area contributed by atoms with Gasteiger partial charge in [0.2, 0.25) is 15.9 Å². The molecule has 2 aliphatic heterocycles. The second-order valence-electron chi connectivity index (χ2n) is 7.40. The van der Waals surface area contributed by atoms with Crippen LogP contribution in [0.25, 0.3) is 0 Å². The average Bonchev–Trinajstić information content (AvgIpc) is 3.14. The molecule has 2 aromatic rings. The summed E-state index contributed by atoms with van der Waals surface area (Å²) in [6.45, 7) is 1.58. The van der Waals surface area contributed by atoms with Crippen LogP contribution < -0.4 is 10.2 Å². The number of nitrogens with one attached hydrogen (secondary N) is 1. The van der Waals surface area contributed by atoms with Crippen molar-refractivity contribution in [3.8, 4) is 0 Å². The fourth-order valence-electron chi connectivity index (χ4n) is 3.66. The number of hydrogen-bond donors (Lipinski definition) is 1. The summed E-state index contributed by atoms with van der Waals surface area (Å²) in [5, 5.41) is 2.81. The first-order valence-electron chi connectivity index (χ1n) is 9.89. The number of benzene rings is 2. The number of ether oxygens (including phenoxy) is 1. The Labute approximate surface area is 179 Å². The Morgan fingerprint density at radius 2 is 1.68 bits per heavy atom. The van der Waals surface area contributed by atoms with Crippen molar-refractivity contribution in [1.29, 1.82) is 0 Å². The monoisotopic (exact) mass is 447 g/mol. The van der Waals surface area contributed by atoms with Gasteiger partial charge in [-0.1, -0.05) is 0 Å². The van der Waals surface area contributed by atoms with Crippen molar-refractivity contribution in [2.45, 2.75) is 17.4 Å². The molecule has 164 valence electrons. The minimum absolute atomic E-state index is 0.115. The van der Waals surface area contributed by atoms with Crippen LogP contribution in [-0.4, -0.2) is 63.4 Å². The summed E-state index contributed by atoms with van der Waals surface area (Å²) >= 11 is 0. The smallest absolute Gasteiger partial charge is 0.251 e. The second-order valence-corrected chi connectivity index (χ2v) is 9.33. The highest BCUT2D eigenvalue weighted by Crippen LogP contribution is 2.22. The summed E-state index contributed by atoms with van der Waals surface area (Å²) in [6.07, 6.45) is 0.132. The first-order valence-corrected chi connectivity index (χ1v) is 11.3. The third kappa shape index (κ3) is 4.60. The van der Waals surface area contributed by atoms with Gasteiger partial charge in [-0.3, -0.25) is 9.59 Å². The minimum atomic E-state index is -3.63. The minimum Gasteiger partial charge on any atom is -0.379 e. The number of sulfonamides is 1. The Morgan fingerprint density at radius 3 is 2.32 bits per heavy atom. The molecule has 2 fully saturated rings. The van der Waals surface area contributed by atoms with E-state index in [-0.39, 0.29) is 29.6 Å². The third-order valence-electron chi connectivity index (χ3n) is 5.32. The topological polar surface area (TPSA) is 96.0 Å². The molecule has 0 aliphatic carbocycles. The van der Waals surface area contributed by atoms with Gasteiger partial charge in [0.05, 0.1) is 24.2 Å². The molecule has 0 aromatic heterocycles. The lowest BCUT2D eigenvalue weighted by Crippen LogP contribution is -2.40. The first kappa shape index (κ1) is 21.4. The van der Waals surface area contributed by atoms with Gasteiger partial charge < -0.3 is 15.0 Å². The van der Waals surface area contributed by atoms with Crippen molar-refractivity contribution in [1.82, 2.24) is 9.62 Å². The van der Waals surface area contributed by atoms with E-state index in [0.717, 1.165) is 0 Å². The molecule has 1 N–H and O–H groups in total. The zero-order valence-electron chi connectivity index (χ0n) is 16.7. The Bertz CT molecular complexity index is 1070. The maximum Gasteiger partial charge on any atom is 0.251 e. The summed E-state index contributed by atoms with van der Waals surface area (Å²) in [4.78, 5) is 26.5. The molecule has 31 heavy (non-hydrogen) atoms. The standard InChI is InChI=1S/C21H22FN3O5S/c22-16-3-5-18(6-4-16)25-14-17(13-20(25)26)23-21(27)15-1-7-19(8-2-15)31(28,29)24-9-11-30-12-10-24/h1-8,17H,9-14H2,(H,23,27)/t17-/m1/s1. The molecule has 0 unspecified atom stereocenters. The molecule has 0 radical (unpaired) electrons. The van der Waals surface area contributed by atoms with E-state index in [4.69, 9.17) is 4.74 Å². The molecule has 0 bridgehead atoms. The lowest BCUT2D eigenvalue weighted by molar-refractivity contribution is -0.117. The summed E-state index contributed by atoms with van der Waals surface area (Å²) < 4.78 is 45.0. The molecule has 2 aliphatic rings. The molecule has 1 atom stereocenters. The molecule has 2 saturated heterocycles. The molecule has 2 aromatic carbocycles. The van der Waals surface area contributed by atoms with Crippen molar-refractivity contribution >= 4 is 27.5 Å². The molecule has 10 heteroatoms. The van der Waals surface area contributed by atoms with E-state index in [2.05, 4.69) is 5.32 Å². The van der Waals surface area contributed by atoms with Crippen LogP contribution >= 0.6 is 0 Å². The van der Waals surface area contributed by atoms with Crippen LogP contribution in [0.15, 0.2) is 53.4 Å². The van der Waals surface area contributed by atoms with Gasteiger partial charge in [-0.2, -0.15) is 4.31 Å². The van der Waals surface area contributed by atoms with Gasteiger partial charge >= 0.3 is 0 Å². The van der Waals surface area contributed by atoms with Gasteiger partial charge in [0, 0.05) is 37.3 Å². The van der Waals surface area contributed by atoms with Crippen LogP contribution in [0.3, 0.4) is 0 Å². The van der Waals surface area contributed by atoms with Crippen molar-refractivity contribution in [3.63, 3.8) is 0 Å². The molecule has 0 saturated carbocycles. The Morgan fingerprint density at radius 1 is 1.03 bits per heavy atom. The molecule has 4 rings (SSSR count). The van der Waals surface area contributed by atoms with Gasteiger partial charge in [-0.15, -0.1) is 0 Å². The zero-order valence-corrected chi connectivity index (χ0v) is 17.5. The summed E-state index contributed by atoms with van der Waals surface area (Å²) in [7, 11) is -3.63. The van der Waals surface area contributed by atoms with Gasteiger partial charge in [0.25, 0.3) is 5.91 Å². The van der Waals surface area contributed by atoms with E-state index < -0.39 is 22.0 Å². The van der Waals surface area contributed by atoms with Crippen LogP contribution in [0, 0.1) is 5.82 Å². The van der Waals surface area contributed by atoms with Crippen molar-refractivity contribution in [2.75, 3.05) is 37.7 Å². The summed E-state index contributed by atoms with van der Waals surface area (Å²) in [6, 6.07) is 10.9. The van der Waals surface area contributed by atoms with Gasteiger partial charge in [0.1, 0.15) is 5.82 Å². The number of anilines is 1. The summed E-state index contributed by atoms with van der Waals surface area (Å²) in [5.74, 6) is -0.947. The molecule has 2 amide bonds. The van der Waals surface area contributed by atoms with Crippen LogP contribution in [0.2, 0.25) is 0 Å². The predicted molar refractivity (Wildman–Crippen MR) is 111 cm³/mol. The average molecular weight is 447 g/mol. The number of carbonyl (C=O) groups excluding carboxylic acids is 2. The number of nitrogens with zero attached hydrogens (tertiary/aromatic N) is 2. The molecular weight excluding hydrogens is 425 g/mol. The normalized spacial score (nSPS) is 20.1. The highest BCUT2D eigenvalue weighted by atomic mass is 32.2. The van der Waals surface area contributed by atoms with E-state index in [1.807, 2.05) is 0 Å². The SMILES string of the molecule is O=C(N[C@@H]1CC(=O)N(c2ccc(F)cc2)C1)c1ccc(S(=O)(=O)N2CCOCC2)cc1. The Hall–Kier alpha value is -2.82. The molecule has 0 spiro atoms. The van der Waals surface area contributed by atoms with Crippen LogP contribution in [0.1, 0.15) is 16.8 Å². The van der Waals surface area contributed by atoms with Crippen LogP contribution in [0.5, 0.6) is 0 Å². The van der Waals surface area contributed by atoms with Crippen LogP contribution in [-0.2, 0) is 19.6 Å². The van der Waals surface area contributed by atoms with Crippen molar-refractivity contribution in [2.24, 2.45) is 0 Å². The predicted octanol–water partition coefficient (Wildman–Crippen LogP) is 1.38. The van der Waals surface area contributed by atoms with Crippen molar-refractivity contribution < 1.29 is 27.1 Å². The van der Waals surface area contributed by atoms with Gasteiger partial charge in [-0.25, -0.2) is 12.8 Å². The third-order valence-corrected chi connectivity index (χ3v) is 7.24. The number of rotatable bonds is 5. The highest BCUT2D eigenvalue weighted by Gasteiger charge is 2.32. The van der Waals surface area contributed by atoms with Gasteiger partial charge in [0.15, 0.2) is 0 Å². The van der Waals surface area contributed by atoms with E-state index in [1.165, 1.54) is 57.7 Å². The highest BCUT2D eigenvalue weighted by molar-refractivity contribution is 7.89. The Balaban J connectivity index is 1.40. The summed E-state index contributed by atoms with van der Waals surface area (Å²) in [5.41, 5.74) is 0.870. The fraction of sp³-hybridized carbons (Fsp3) is 0.333. The lowest BCUT2D eigenvalue weighted by atomic mass is 10.2. The number of carbonyl (C=O) groups is 2. The molecule has 8 nitrogen and oxygen atoms in total. The Kier molecular flexibility index (Phi) is 6.03. The maximum atomic E-state index is 13.1. The van der Waals surface area contributed by atoms with E-state index in [9.17, 15) is 22.4 Å². The number of morpholine rings is 1. The first-order chi connectivity index (χ1) is 14.8. The zero-order chi connectivity index (χ0) is 22.0. The van der Waals surface area contributed by atoms with Gasteiger partial charge in [-0.05, 0) is 48.5 Å². The van der Waals surface area contributed by atoms with E-state index in [1.54, 1.807) is 0 Å².